The molecule has 1 aromatic heterocycles. The van der Waals surface area contributed by atoms with Crippen molar-refractivity contribution in [2.75, 3.05) is 18.5 Å². The molecule has 0 atom stereocenters. The third-order valence-electron chi connectivity index (χ3n) is 2.96. The van der Waals surface area contributed by atoms with E-state index in [9.17, 15) is 4.79 Å². The molecule has 1 aliphatic rings. The number of carbonyl (C=O) groups excluding carboxylic acids is 1. The van der Waals surface area contributed by atoms with Crippen molar-refractivity contribution >= 4 is 22.8 Å². The summed E-state index contributed by atoms with van der Waals surface area (Å²) in [5, 5.41) is 6.05. The zero-order chi connectivity index (χ0) is 13.2. The first-order valence-electron chi connectivity index (χ1n) is 6.18. The second-order valence-electron chi connectivity index (χ2n) is 4.44. The number of aromatic nitrogens is 1. The number of rotatable bonds is 3. The van der Waals surface area contributed by atoms with Gasteiger partial charge in [-0.2, -0.15) is 0 Å². The quantitative estimate of drug-likeness (QED) is 0.874. The van der Waals surface area contributed by atoms with Crippen LogP contribution in [0.5, 0.6) is 5.75 Å². The van der Waals surface area contributed by atoms with E-state index in [0.29, 0.717) is 24.3 Å². The van der Waals surface area contributed by atoms with E-state index in [1.165, 1.54) is 11.3 Å². The van der Waals surface area contributed by atoms with Crippen molar-refractivity contribution in [2.45, 2.75) is 13.3 Å². The van der Waals surface area contributed by atoms with Gasteiger partial charge in [-0.05, 0) is 19.1 Å². The highest BCUT2D eigenvalue weighted by Crippen LogP contribution is 2.32. The van der Waals surface area contributed by atoms with Gasteiger partial charge in [0.2, 0.25) is 0 Å². The Balaban J connectivity index is 1.87. The molecule has 0 radical (unpaired) electrons. The van der Waals surface area contributed by atoms with Gasteiger partial charge in [-0.3, -0.25) is 4.79 Å². The summed E-state index contributed by atoms with van der Waals surface area (Å²) >= 11 is 1.52. The maximum absolute atomic E-state index is 12.4. The van der Waals surface area contributed by atoms with E-state index in [1.807, 2.05) is 30.5 Å². The van der Waals surface area contributed by atoms with Gasteiger partial charge in [0.15, 0.2) is 11.5 Å². The maximum atomic E-state index is 12.4. The van der Waals surface area contributed by atoms with Crippen LogP contribution < -0.4 is 10.1 Å². The van der Waals surface area contributed by atoms with E-state index in [2.05, 4.69) is 10.3 Å². The highest BCUT2D eigenvalue weighted by atomic mass is 32.1. The normalized spacial score (nSPS) is 13.3. The molecule has 0 spiro atoms. The van der Waals surface area contributed by atoms with Gasteiger partial charge in [0.1, 0.15) is 11.6 Å². The molecule has 2 heterocycles. The Bertz CT molecular complexity index is 622. The molecular weight excluding hydrogens is 260 g/mol. The third kappa shape index (κ3) is 2.46. The number of ketones is 1. The maximum Gasteiger partial charge on any atom is 0.173 e. The number of nitrogens with zero attached hydrogens (tertiary/aromatic N) is 1. The van der Waals surface area contributed by atoms with Gasteiger partial charge in [0.05, 0.1) is 17.7 Å². The number of nitrogens with one attached hydrogen (secondary N) is 1. The number of anilines is 1. The fourth-order valence-corrected chi connectivity index (χ4v) is 2.88. The number of thiazole rings is 1. The summed E-state index contributed by atoms with van der Waals surface area (Å²) in [6, 6.07) is 5.62. The lowest BCUT2D eigenvalue weighted by Gasteiger charge is -2.21. The minimum absolute atomic E-state index is 0.0508. The SMILES string of the molecule is Cc1csc(CC(=O)c2cccc3c2OCCN3)n1. The summed E-state index contributed by atoms with van der Waals surface area (Å²) < 4.78 is 5.62. The van der Waals surface area contributed by atoms with Gasteiger partial charge < -0.3 is 10.1 Å². The second-order valence-corrected chi connectivity index (χ2v) is 5.38. The number of benzene rings is 1. The zero-order valence-electron chi connectivity index (χ0n) is 10.6. The standard InChI is InChI=1S/C14H14N2O2S/c1-9-8-19-13(16-9)7-12(17)10-3-2-4-11-14(10)18-6-5-15-11/h2-4,8,15H,5-7H2,1H3. The molecular formula is C14H14N2O2S. The Labute approximate surface area is 115 Å². The molecule has 0 unspecified atom stereocenters. The van der Waals surface area contributed by atoms with Crippen molar-refractivity contribution in [3.8, 4) is 5.75 Å². The lowest BCUT2D eigenvalue weighted by molar-refractivity contribution is 0.0989. The molecule has 98 valence electrons. The molecule has 0 bridgehead atoms. The van der Waals surface area contributed by atoms with Crippen LogP contribution in [0, 0.1) is 6.92 Å². The molecule has 1 aromatic carbocycles. The van der Waals surface area contributed by atoms with E-state index in [4.69, 9.17) is 4.74 Å². The number of hydrogen-bond donors (Lipinski definition) is 1. The number of para-hydroxylation sites is 1. The largest absolute Gasteiger partial charge is 0.489 e. The van der Waals surface area contributed by atoms with Crippen LogP contribution in [0.3, 0.4) is 0 Å². The minimum atomic E-state index is 0.0508. The average Bonchev–Trinajstić information content (AvgIpc) is 2.83. The van der Waals surface area contributed by atoms with Crippen LogP contribution in [0.1, 0.15) is 21.1 Å². The summed E-state index contributed by atoms with van der Waals surface area (Å²) in [6.07, 6.45) is 0.332. The Morgan fingerprint density at radius 1 is 1.53 bits per heavy atom. The number of carbonyl (C=O) groups is 1. The summed E-state index contributed by atoms with van der Waals surface area (Å²) in [6.45, 7) is 3.30. The number of fused-ring (bicyclic) bond motifs is 1. The predicted molar refractivity (Wildman–Crippen MR) is 75.3 cm³/mol. The first kappa shape index (κ1) is 12.2. The van der Waals surface area contributed by atoms with Gasteiger partial charge in [0, 0.05) is 17.6 Å². The molecule has 0 amide bonds. The predicted octanol–water partition coefficient (Wildman–Crippen LogP) is 2.68. The van der Waals surface area contributed by atoms with E-state index in [-0.39, 0.29) is 5.78 Å². The molecule has 3 rings (SSSR count). The zero-order valence-corrected chi connectivity index (χ0v) is 11.4. The molecule has 0 aliphatic carbocycles. The Morgan fingerprint density at radius 2 is 2.42 bits per heavy atom. The van der Waals surface area contributed by atoms with Gasteiger partial charge in [-0.15, -0.1) is 11.3 Å². The smallest absolute Gasteiger partial charge is 0.173 e. The number of Topliss-reactive ketones (excluding diaryl/α,β-unsaturated/α-hetero) is 1. The van der Waals surface area contributed by atoms with E-state index < -0.39 is 0 Å². The molecule has 5 heteroatoms. The van der Waals surface area contributed by atoms with Gasteiger partial charge in [-0.25, -0.2) is 4.98 Å². The molecule has 19 heavy (non-hydrogen) atoms. The van der Waals surface area contributed by atoms with Crippen molar-refractivity contribution < 1.29 is 9.53 Å². The van der Waals surface area contributed by atoms with E-state index >= 15 is 0 Å². The Kier molecular flexibility index (Phi) is 3.21. The van der Waals surface area contributed by atoms with Crippen LogP contribution in [0.4, 0.5) is 5.69 Å². The van der Waals surface area contributed by atoms with Crippen molar-refractivity contribution in [1.29, 1.82) is 0 Å². The molecule has 0 saturated carbocycles. The molecule has 1 N–H and O–H groups in total. The number of ether oxygens (including phenoxy) is 1. The first-order chi connectivity index (χ1) is 9.24. The molecule has 0 fully saturated rings. The highest BCUT2D eigenvalue weighted by molar-refractivity contribution is 7.09. The second kappa shape index (κ2) is 5.01. The van der Waals surface area contributed by atoms with Crippen LogP contribution >= 0.6 is 11.3 Å². The monoisotopic (exact) mass is 274 g/mol. The lowest BCUT2D eigenvalue weighted by atomic mass is 10.1. The van der Waals surface area contributed by atoms with Crippen molar-refractivity contribution in [1.82, 2.24) is 4.98 Å². The van der Waals surface area contributed by atoms with Gasteiger partial charge >= 0.3 is 0 Å². The minimum Gasteiger partial charge on any atom is -0.489 e. The Morgan fingerprint density at radius 3 is 3.21 bits per heavy atom. The van der Waals surface area contributed by atoms with Crippen molar-refractivity contribution in [3.63, 3.8) is 0 Å². The lowest BCUT2D eigenvalue weighted by Crippen LogP contribution is -2.20. The van der Waals surface area contributed by atoms with Crippen LogP contribution in [-0.2, 0) is 6.42 Å². The Hall–Kier alpha value is -1.88. The molecule has 4 nitrogen and oxygen atoms in total. The summed E-state index contributed by atoms with van der Waals surface area (Å²) in [4.78, 5) is 16.7. The van der Waals surface area contributed by atoms with Crippen molar-refractivity contribution in [2.24, 2.45) is 0 Å². The van der Waals surface area contributed by atoms with Crippen LogP contribution in [0.2, 0.25) is 0 Å². The fourth-order valence-electron chi connectivity index (χ4n) is 2.11. The molecule has 0 saturated heterocycles. The highest BCUT2D eigenvalue weighted by Gasteiger charge is 2.19. The molecule has 1 aliphatic heterocycles. The van der Waals surface area contributed by atoms with E-state index in [1.54, 1.807) is 0 Å². The molecule has 2 aromatic rings. The topological polar surface area (TPSA) is 51.2 Å². The summed E-state index contributed by atoms with van der Waals surface area (Å²) in [5.41, 5.74) is 2.49. The fraction of sp³-hybridized carbons (Fsp3) is 0.286. The summed E-state index contributed by atoms with van der Waals surface area (Å²) in [5.74, 6) is 0.724. The third-order valence-corrected chi connectivity index (χ3v) is 3.92. The number of hydrogen-bond acceptors (Lipinski definition) is 5. The first-order valence-corrected chi connectivity index (χ1v) is 7.06. The van der Waals surface area contributed by atoms with Gasteiger partial charge in [0.25, 0.3) is 0 Å². The van der Waals surface area contributed by atoms with E-state index in [0.717, 1.165) is 22.9 Å². The summed E-state index contributed by atoms with van der Waals surface area (Å²) in [7, 11) is 0. The van der Waals surface area contributed by atoms with Crippen LogP contribution in [0.15, 0.2) is 23.6 Å². The van der Waals surface area contributed by atoms with Crippen LogP contribution in [-0.4, -0.2) is 23.9 Å². The average molecular weight is 274 g/mol. The van der Waals surface area contributed by atoms with Gasteiger partial charge in [-0.1, -0.05) is 6.07 Å². The number of aryl methyl sites for hydroxylation is 1. The van der Waals surface area contributed by atoms with Crippen LogP contribution in [0.25, 0.3) is 0 Å². The van der Waals surface area contributed by atoms with Crippen molar-refractivity contribution in [3.05, 3.63) is 39.8 Å².